The molecule has 0 aliphatic rings. The van der Waals surface area contributed by atoms with Crippen LogP contribution in [0.1, 0.15) is 47.7 Å². The molecule has 9 heteroatoms. The number of hydrogen-bond acceptors (Lipinski definition) is 5. The van der Waals surface area contributed by atoms with Crippen LogP contribution in [-0.2, 0) is 22.4 Å². The first-order chi connectivity index (χ1) is 18.1. The second kappa shape index (κ2) is 13.5. The standard InChI is InChI=1S/C29H30F3NO5/c1-2-3-18-37-27(35)16-17-33-28(36)22-7-4-20(5-8-22)6-9-24-19-23(12-15-26(24)34)21-10-13-25(14-11-21)38-29(30,31)32/h4-5,7-8,10-15,19,34H,2-3,6,9,16-18H2,1H3,(H,33,36). The van der Waals surface area contributed by atoms with E-state index in [0.29, 0.717) is 36.1 Å². The van der Waals surface area contributed by atoms with Gasteiger partial charge in [-0.15, -0.1) is 13.2 Å². The van der Waals surface area contributed by atoms with Crippen molar-refractivity contribution in [2.24, 2.45) is 0 Å². The molecule has 0 saturated carbocycles. The number of phenolic OH excluding ortho intramolecular Hbond substituents is 1. The minimum Gasteiger partial charge on any atom is -0.508 e. The summed E-state index contributed by atoms with van der Waals surface area (Å²) < 4.78 is 46.1. The molecule has 6 nitrogen and oxygen atoms in total. The molecule has 0 atom stereocenters. The van der Waals surface area contributed by atoms with E-state index in [0.717, 1.165) is 24.0 Å². The number of rotatable bonds is 12. The van der Waals surface area contributed by atoms with Gasteiger partial charge in [0.15, 0.2) is 0 Å². The van der Waals surface area contributed by atoms with Crippen LogP contribution in [0.25, 0.3) is 11.1 Å². The van der Waals surface area contributed by atoms with Crippen molar-refractivity contribution in [2.75, 3.05) is 13.2 Å². The zero-order valence-electron chi connectivity index (χ0n) is 21.0. The Morgan fingerprint density at radius 2 is 1.61 bits per heavy atom. The number of aryl methyl sites for hydroxylation is 2. The summed E-state index contributed by atoms with van der Waals surface area (Å²) in [6.07, 6.45) is -1.77. The van der Waals surface area contributed by atoms with E-state index in [4.69, 9.17) is 4.74 Å². The third-order valence-corrected chi connectivity index (χ3v) is 5.78. The Kier molecular flexibility index (Phi) is 10.2. The van der Waals surface area contributed by atoms with Gasteiger partial charge in [-0.3, -0.25) is 9.59 Å². The summed E-state index contributed by atoms with van der Waals surface area (Å²) in [4.78, 5) is 23.9. The summed E-state index contributed by atoms with van der Waals surface area (Å²) in [6, 6.07) is 17.6. The SMILES string of the molecule is CCCCOC(=O)CCNC(=O)c1ccc(CCc2cc(-c3ccc(OC(F)(F)F)cc3)ccc2O)cc1. The van der Waals surface area contributed by atoms with E-state index in [-0.39, 0.29) is 36.3 Å². The van der Waals surface area contributed by atoms with Crippen LogP contribution in [0.15, 0.2) is 66.7 Å². The van der Waals surface area contributed by atoms with Gasteiger partial charge in [0, 0.05) is 12.1 Å². The summed E-state index contributed by atoms with van der Waals surface area (Å²) in [5.74, 6) is -0.805. The molecule has 202 valence electrons. The predicted octanol–water partition coefficient (Wildman–Crippen LogP) is 6.21. The number of aromatic hydroxyl groups is 1. The lowest BCUT2D eigenvalue weighted by molar-refractivity contribution is -0.274. The average molecular weight is 530 g/mol. The highest BCUT2D eigenvalue weighted by atomic mass is 19.4. The Morgan fingerprint density at radius 3 is 2.26 bits per heavy atom. The molecule has 3 aromatic carbocycles. The topological polar surface area (TPSA) is 84.9 Å². The second-order valence-electron chi connectivity index (χ2n) is 8.69. The Hall–Kier alpha value is -4.01. The zero-order chi connectivity index (χ0) is 27.5. The van der Waals surface area contributed by atoms with E-state index in [1.165, 1.54) is 24.3 Å². The number of amides is 1. The fourth-order valence-corrected chi connectivity index (χ4v) is 3.70. The fourth-order valence-electron chi connectivity index (χ4n) is 3.70. The average Bonchev–Trinajstić information content (AvgIpc) is 2.88. The molecule has 3 aromatic rings. The van der Waals surface area contributed by atoms with Gasteiger partial charge in [-0.2, -0.15) is 0 Å². The van der Waals surface area contributed by atoms with Gasteiger partial charge < -0.3 is 19.9 Å². The molecule has 2 N–H and O–H groups in total. The van der Waals surface area contributed by atoms with Gasteiger partial charge in [0.05, 0.1) is 13.0 Å². The highest BCUT2D eigenvalue weighted by Gasteiger charge is 2.31. The van der Waals surface area contributed by atoms with Crippen LogP contribution in [0, 0.1) is 0 Å². The van der Waals surface area contributed by atoms with Gasteiger partial charge in [0.1, 0.15) is 11.5 Å². The number of phenols is 1. The number of carbonyl (C=O) groups excluding carboxylic acids is 2. The quantitative estimate of drug-likeness (QED) is 0.215. The number of benzene rings is 3. The molecule has 3 rings (SSSR count). The van der Waals surface area contributed by atoms with Gasteiger partial charge in [-0.05, 0) is 77.9 Å². The number of halogens is 3. The fraction of sp³-hybridized carbons (Fsp3) is 0.310. The molecular weight excluding hydrogens is 499 g/mol. The lowest BCUT2D eigenvalue weighted by atomic mass is 9.98. The van der Waals surface area contributed by atoms with Gasteiger partial charge in [0.25, 0.3) is 5.91 Å². The number of unbranched alkanes of at least 4 members (excludes halogenated alkanes) is 1. The van der Waals surface area contributed by atoms with E-state index in [1.807, 2.05) is 19.1 Å². The Morgan fingerprint density at radius 1 is 0.921 bits per heavy atom. The number of hydrogen-bond donors (Lipinski definition) is 2. The van der Waals surface area contributed by atoms with Crippen LogP contribution >= 0.6 is 0 Å². The van der Waals surface area contributed by atoms with Crippen molar-refractivity contribution in [1.82, 2.24) is 5.32 Å². The van der Waals surface area contributed by atoms with Crippen LogP contribution in [0.5, 0.6) is 11.5 Å². The van der Waals surface area contributed by atoms with Crippen LogP contribution < -0.4 is 10.1 Å². The van der Waals surface area contributed by atoms with Crippen molar-refractivity contribution in [3.63, 3.8) is 0 Å². The van der Waals surface area contributed by atoms with Crippen molar-refractivity contribution in [3.05, 3.63) is 83.4 Å². The summed E-state index contributed by atoms with van der Waals surface area (Å²) in [6.45, 7) is 2.59. The first kappa shape index (κ1) is 28.6. The minimum atomic E-state index is -4.75. The molecule has 0 aliphatic heterocycles. The zero-order valence-corrected chi connectivity index (χ0v) is 21.0. The van der Waals surface area contributed by atoms with Gasteiger partial charge in [-0.25, -0.2) is 0 Å². The summed E-state index contributed by atoms with van der Waals surface area (Å²) in [7, 11) is 0. The molecule has 38 heavy (non-hydrogen) atoms. The van der Waals surface area contributed by atoms with E-state index in [2.05, 4.69) is 10.1 Å². The van der Waals surface area contributed by atoms with Crippen LogP contribution in [0.3, 0.4) is 0 Å². The summed E-state index contributed by atoms with van der Waals surface area (Å²) in [5.41, 5.74) is 3.55. The van der Waals surface area contributed by atoms with Crippen LogP contribution in [-0.4, -0.2) is 36.5 Å². The highest BCUT2D eigenvalue weighted by molar-refractivity contribution is 5.94. The van der Waals surface area contributed by atoms with Crippen molar-refractivity contribution in [3.8, 4) is 22.6 Å². The highest BCUT2D eigenvalue weighted by Crippen LogP contribution is 2.30. The Balaban J connectivity index is 1.53. The lowest BCUT2D eigenvalue weighted by Crippen LogP contribution is -2.26. The van der Waals surface area contributed by atoms with Crippen LogP contribution in [0.4, 0.5) is 13.2 Å². The van der Waals surface area contributed by atoms with E-state index < -0.39 is 6.36 Å². The third-order valence-electron chi connectivity index (χ3n) is 5.78. The van der Waals surface area contributed by atoms with Crippen molar-refractivity contribution < 1.29 is 37.3 Å². The molecule has 1 amide bonds. The molecule has 0 unspecified atom stereocenters. The largest absolute Gasteiger partial charge is 0.573 e. The van der Waals surface area contributed by atoms with Gasteiger partial charge in [0.2, 0.25) is 0 Å². The molecule has 0 spiro atoms. The smallest absolute Gasteiger partial charge is 0.508 e. The number of nitrogens with one attached hydrogen (secondary N) is 1. The number of alkyl halides is 3. The molecule has 0 aliphatic carbocycles. The molecule has 0 bridgehead atoms. The third kappa shape index (κ3) is 9.14. The first-order valence-electron chi connectivity index (χ1n) is 12.4. The van der Waals surface area contributed by atoms with Crippen molar-refractivity contribution in [2.45, 2.75) is 45.4 Å². The van der Waals surface area contributed by atoms with E-state index in [9.17, 15) is 27.9 Å². The summed E-state index contributed by atoms with van der Waals surface area (Å²) >= 11 is 0. The van der Waals surface area contributed by atoms with Gasteiger partial charge in [-0.1, -0.05) is 43.7 Å². The predicted molar refractivity (Wildman–Crippen MR) is 137 cm³/mol. The molecule has 0 heterocycles. The number of esters is 1. The molecule has 0 aromatic heterocycles. The Bertz CT molecular complexity index is 1210. The Labute approximate surface area is 219 Å². The van der Waals surface area contributed by atoms with Crippen molar-refractivity contribution in [1.29, 1.82) is 0 Å². The molecular formula is C29H30F3NO5. The van der Waals surface area contributed by atoms with Crippen molar-refractivity contribution >= 4 is 11.9 Å². The maximum atomic E-state index is 12.4. The summed E-state index contributed by atoms with van der Waals surface area (Å²) in [5, 5.41) is 13.0. The molecule has 0 fully saturated rings. The maximum absolute atomic E-state index is 12.4. The normalized spacial score (nSPS) is 11.2. The maximum Gasteiger partial charge on any atom is 0.573 e. The number of carbonyl (C=O) groups is 2. The number of ether oxygens (including phenoxy) is 2. The monoisotopic (exact) mass is 529 g/mol. The van der Waals surface area contributed by atoms with E-state index >= 15 is 0 Å². The first-order valence-corrected chi connectivity index (χ1v) is 12.4. The minimum absolute atomic E-state index is 0.113. The lowest BCUT2D eigenvalue weighted by Gasteiger charge is -2.11. The van der Waals surface area contributed by atoms with Gasteiger partial charge >= 0.3 is 12.3 Å². The van der Waals surface area contributed by atoms with Crippen LogP contribution in [0.2, 0.25) is 0 Å². The van der Waals surface area contributed by atoms with E-state index in [1.54, 1.807) is 30.3 Å². The molecule has 0 saturated heterocycles. The molecule has 0 radical (unpaired) electrons. The second-order valence-corrected chi connectivity index (χ2v) is 8.69.